The molecule has 142 valence electrons. The van der Waals surface area contributed by atoms with Crippen molar-refractivity contribution in [1.29, 1.82) is 0 Å². The lowest BCUT2D eigenvalue weighted by atomic mass is 10.1. The quantitative estimate of drug-likeness (QED) is 0.355. The molecule has 0 atom stereocenters. The van der Waals surface area contributed by atoms with Gasteiger partial charge in [0.2, 0.25) is 10.0 Å². The van der Waals surface area contributed by atoms with Crippen LogP contribution in [-0.4, -0.2) is 59.4 Å². The molecule has 1 saturated heterocycles. The van der Waals surface area contributed by atoms with Crippen molar-refractivity contribution in [3.8, 4) is 0 Å². The zero-order valence-corrected chi connectivity index (χ0v) is 16.6. The summed E-state index contributed by atoms with van der Waals surface area (Å²) in [5, 5.41) is 10.2. The first-order valence-electron chi connectivity index (χ1n) is 8.77. The minimum Gasteiger partial charge on any atom is -0.363 e. The second kappa shape index (κ2) is 9.98. The largest absolute Gasteiger partial charge is 0.363 e. The molecule has 1 aliphatic rings. The lowest BCUT2D eigenvalue weighted by Crippen LogP contribution is -2.49. The summed E-state index contributed by atoms with van der Waals surface area (Å²) in [7, 11) is -1.34. The molecule has 0 unspecified atom stereocenters. The van der Waals surface area contributed by atoms with Crippen LogP contribution in [-0.2, 0) is 10.0 Å². The normalized spacial score (nSPS) is 16.9. The van der Waals surface area contributed by atoms with Crippen LogP contribution in [0.25, 0.3) is 0 Å². The number of anilines is 1. The Morgan fingerprint density at radius 3 is 2.72 bits per heavy atom. The van der Waals surface area contributed by atoms with Crippen molar-refractivity contribution >= 4 is 32.3 Å². The van der Waals surface area contributed by atoms with Crippen molar-refractivity contribution in [3.05, 3.63) is 17.5 Å². The lowest BCUT2D eigenvalue weighted by Gasteiger charge is -2.33. The van der Waals surface area contributed by atoms with E-state index in [0.717, 1.165) is 38.3 Å². The summed E-state index contributed by atoms with van der Waals surface area (Å²) in [6.07, 6.45) is 2.88. The summed E-state index contributed by atoms with van der Waals surface area (Å²) in [5.74, 6) is 0.904. The zero-order valence-electron chi connectivity index (χ0n) is 15.0. The Morgan fingerprint density at radius 1 is 1.36 bits per heavy atom. The highest BCUT2D eigenvalue weighted by Crippen LogP contribution is 2.24. The lowest BCUT2D eigenvalue weighted by molar-refractivity contribution is 0.462. The van der Waals surface area contributed by atoms with Crippen molar-refractivity contribution in [3.63, 3.8) is 0 Å². The maximum atomic E-state index is 11.4. The minimum atomic E-state index is -3.10. The number of sulfonamides is 1. The summed E-state index contributed by atoms with van der Waals surface area (Å²) in [6, 6.07) is 4.68. The van der Waals surface area contributed by atoms with Gasteiger partial charge in [-0.2, -0.15) is 0 Å². The van der Waals surface area contributed by atoms with Crippen LogP contribution in [0.2, 0.25) is 0 Å². The Morgan fingerprint density at radius 2 is 2.12 bits per heavy atom. The van der Waals surface area contributed by atoms with Gasteiger partial charge < -0.3 is 15.5 Å². The Bertz CT molecular complexity index is 623. The van der Waals surface area contributed by atoms with E-state index >= 15 is 0 Å². The molecule has 0 bridgehead atoms. The van der Waals surface area contributed by atoms with E-state index in [1.54, 1.807) is 25.3 Å². The molecule has 0 amide bonds. The number of hydrogen-bond acceptors (Lipinski definition) is 5. The molecule has 3 N–H and O–H groups in total. The van der Waals surface area contributed by atoms with Gasteiger partial charge in [-0.25, -0.2) is 13.1 Å². The molecule has 2 rings (SSSR count). The fraction of sp³-hybridized carbons (Fsp3) is 0.688. The van der Waals surface area contributed by atoms with E-state index in [1.807, 2.05) is 0 Å². The molecule has 1 aromatic heterocycles. The van der Waals surface area contributed by atoms with Gasteiger partial charge >= 0.3 is 0 Å². The first-order valence-corrected chi connectivity index (χ1v) is 11.3. The minimum absolute atomic E-state index is 0.119. The van der Waals surface area contributed by atoms with Crippen LogP contribution in [0.4, 0.5) is 5.00 Å². The van der Waals surface area contributed by atoms with Crippen LogP contribution in [0.15, 0.2) is 22.5 Å². The van der Waals surface area contributed by atoms with E-state index in [2.05, 4.69) is 42.8 Å². The van der Waals surface area contributed by atoms with Gasteiger partial charge in [0.15, 0.2) is 5.96 Å². The third-order valence-corrected chi connectivity index (χ3v) is 6.56. The molecule has 0 aliphatic carbocycles. The molecule has 0 radical (unpaired) electrons. The third kappa shape index (κ3) is 6.83. The van der Waals surface area contributed by atoms with Gasteiger partial charge in [0.05, 0.1) is 10.8 Å². The van der Waals surface area contributed by atoms with Crippen molar-refractivity contribution < 1.29 is 8.42 Å². The van der Waals surface area contributed by atoms with E-state index in [4.69, 9.17) is 0 Å². The molecule has 9 heteroatoms. The van der Waals surface area contributed by atoms with Gasteiger partial charge in [-0.05, 0) is 43.7 Å². The number of guanidine groups is 1. The second-order valence-electron chi connectivity index (χ2n) is 6.01. The Balaban J connectivity index is 1.64. The first kappa shape index (κ1) is 20.0. The van der Waals surface area contributed by atoms with Gasteiger partial charge in [-0.3, -0.25) is 4.99 Å². The van der Waals surface area contributed by atoms with Crippen LogP contribution in [0, 0.1) is 0 Å². The van der Waals surface area contributed by atoms with E-state index in [0.29, 0.717) is 19.1 Å². The molecule has 1 aliphatic heterocycles. The molecule has 1 fully saturated rings. The summed E-state index contributed by atoms with van der Waals surface area (Å²) >= 11 is 1.79. The summed E-state index contributed by atoms with van der Waals surface area (Å²) in [5.41, 5.74) is 0. The van der Waals surface area contributed by atoms with Crippen molar-refractivity contribution in [2.75, 3.05) is 43.9 Å². The van der Waals surface area contributed by atoms with E-state index in [1.165, 1.54) is 5.00 Å². The van der Waals surface area contributed by atoms with Gasteiger partial charge in [-0.1, -0.05) is 0 Å². The summed E-state index contributed by atoms with van der Waals surface area (Å²) < 4.78 is 25.3. The van der Waals surface area contributed by atoms with Crippen molar-refractivity contribution in [2.24, 2.45) is 4.99 Å². The number of hydrogen-bond donors (Lipinski definition) is 3. The molecule has 1 aromatic rings. The highest BCUT2D eigenvalue weighted by atomic mass is 32.2. The number of nitrogens with one attached hydrogen (secondary N) is 3. The van der Waals surface area contributed by atoms with E-state index in [-0.39, 0.29) is 5.75 Å². The fourth-order valence-corrected chi connectivity index (χ4v) is 4.15. The van der Waals surface area contributed by atoms with Crippen LogP contribution in [0.3, 0.4) is 0 Å². The topological polar surface area (TPSA) is 85.8 Å². The SMILES string of the molecule is CCS(=O)(=O)NCCCNC(=NC)NC1CCN(c2cccs2)CC1. The molecule has 25 heavy (non-hydrogen) atoms. The van der Waals surface area contributed by atoms with Crippen LogP contribution in [0.5, 0.6) is 0 Å². The average molecular weight is 388 g/mol. The van der Waals surface area contributed by atoms with Crippen LogP contribution < -0.4 is 20.3 Å². The molecule has 7 nitrogen and oxygen atoms in total. The van der Waals surface area contributed by atoms with Gasteiger partial charge in [-0.15, -0.1) is 11.3 Å². The first-order chi connectivity index (χ1) is 12.0. The highest BCUT2D eigenvalue weighted by molar-refractivity contribution is 7.89. The molecule has 2 heterocycles. The molecular weight excluding hydrogens is 358 g/mol. The predicted octanol–water partition coefficient (Wildman–Crippen LogP) is 1.21. The molecular formula is C16H29N5O2S2. The zero-order chi connectivity index (χ0) is 18.1. The van der Waals surface area contributed by atoms with Crippen LogP contribution >= 0.6 is 11.3 Å². The van der Waals surface area contributed by atoms with E-state index in [9.17, 15) is 8.42 Å². The average Bonchev–Trinajstić information content (AvgIpc) is 3.15. The van der Waals surface area contributed by atoms with Gasteiger partial charge in [0.1, 0.15) is 0 Å². The number of piperidine rings is 1. The maximum absolute atomic E-state index is 11.4. The van der Waals surface area contributed by atoms with Crippen molar-refractivity contribution in [1.82, 2.24) is 15.4 Å². The molecule has 0 spiro atoms. The monoisotopic (exact) mass is 387 g/mol. The predicted molar refractivity (Wildman–Crippen MR) is 106 cm³/mol. The standard InChI is InChI=1S/C16H29N5O2S2/c1-3-25(22,23)19-10-5-9-18-16(17-2)20-14-7-11-21(12-8-14)15-6-4-13-24-15/h4,6,13-14,19H,3,5,7-12H2,1-2H3,(H2,17,18,20). The maximum Gasteiger partial charge on any atom is 0.211 e. The second-order valence-corrected chi connectivity index (χ2v) is 9.03. The smallest absolute Gasteiger partial charge is 0.211 e. The van der Waals surface area contributed by atoms with E-state index < -0.39 is 10.0 Å². The molecule has 0 aromatic carbocycles. The van der Waals surface area contributed by atoms with Crippen molar-refractivity contribution in [2.45, 2.75) is 32.2 Å². The fourth-order valence-electron chi connectivity index (χ4n) is 2.71. The number of rotatable bonds is 8. The highest BCUT2D eigenvalue weighted by Gasteiger charge is 2.20. The number of thiophene rings is 1. The Hall–Kier alpha value is -1.32. The summed E-state index contributed by atoms with van der Waals surface area (Å²) in [6.45, 7) is 4.86. The number of nitrogens with zero attached hydrogens (tertiary/aromatic N) is 2. The van der Waals surface area contributed by atoms with Gasteiger partial charge in [0, 0.05) is 39.3 Å². The van der Waals surface area contributed by atoms with Crippen LogP contribution in [0.1, 0.15) is 26.2 Å². The van der Waals surface area contributed by atoms with Gasteiger partial charge in [0.25, 0.3) is 0 Å². The third-order valence-electron chi connectivity index (χ3n) is 4.23. The molecule has 0 saturated carbocycles. The Labute approximate surface area is 155 Å². The Kier molecular flexibility index (Phi) is 7.98. The summed E-state index contributed by atoms with van der Waals surface area (Å²) in [4.78, 5) is 6.69. The number of aliphatic imine (C=N–C) groups is 1.